The van der Waals surface area contributed by atoms with Gasteiger partial charge in [0.15, 0.2) is 0 Å². The molecule has 0 saturated carbocycles. The predicted molar refractivity (Wildman–Crippen MR) is 45.0 cm³/mol. The van der Waals surface area contributed by atoms with Crippen LogP contribution >= 0.6 is 0 Å². The van der Waals surface area contributed by atoms with Crippen LogP contribution in [0.25, 0.3) is 0 Å². The Kier molecular flexibility index (Phi) is 2.42. The average molecular weight is 165 g/mol. The summed E-state index contributed by atoms with van der Waals surface area (Å²) >= 11 is 0. The summed E-state index contributed by atoms with van der Waals surface area (Å²) in [7, 11) is -1.41. The van der Waals surface area contributed by atoms with Gasteiger partial charge in [-0.1, -0.05) is 5.92 Å². The van der Waals surface area contributed by atoms with Crippen molar-refractivity contribution in [2.45, 2.75) is 4.90 Å². The van der Waals surface area contributed by atoms with Gasteiger partial charge in [-0.05, 0) is 24.3 Å². The van der Waals surface area contributed by atoms with Gasteiger partial charge in [-0.25, -0.2) is 9.35 Å². The first-order valence-electron chi connectivity index (χ1n) is 2.97. The van der Waals surface area contributed by atoms with Gasteiger partial charge in [0.2, 0.25) is 0 Å². The molecule has 1 aromatic carbocycles. The fraction of sp³-hybridized carbons (Fsp3) is 0. The highest BCUT2D eigenvalue weighted by Gasteiger charge is 1.95. The molecule has 56 valence electrons. The first-order valence-corrected chi connectivity index (χ1v) is 4.18. The number of hydrogen-bond donors (Lipinski definition) is 1. The van der Waals surface area contributed by atoms with Gasteiger partial charge in [0.1, 0.15) is 11.0 Å². The quantitative estimate of drug-likeness (QED) is 0.610. The molecule has 0 aliphatic rings. The fourth-order valence-corrected chi connectivity index (χ4v) is 1.09. The molecular weight excluding hydrogens is 158 g/mol. The van der Waals surface area contributed by atoms with Gasteiger partial charge >= 0.3 is 0 Å². The largest absolute Gasteiger partial charge is 0.248 e. The van der Waals surface area contributed by atoms with Gasteiger partial charge in [0.05, 0.1) is 4.90 Å². The summed E-state index contributed by atoms with van der Waals surface area (Å²) in [4.78, 5) is 0.587. The molecule has 0 saturated heterocycles. The van der Waals surface area contributed by atoms with Crippen molar-refractivity contribution in [1.29, 1.82) is 0 Å². The van der Waals surface area contributed by atoms with Crippen LogP contribution in [0.15, 0.2) is 29.2 Å². The van der Waals surface area contributed by atoms with Crippen molar-refractivity contribution in [2.75, 3.05) is 0 Å². The van der Waals surface area contributed by atoms with E-state index in [9.17, 15) is 4.21 Å². The summed E-state index contributed by atoms with van der Waals surface area (Å²) < 4.78 is 10.7. The first-order chi connectivity index (χ1) is 5.24. The summed E-state index contributed by atoms with van der Waals surface area (Å²) in [6, 6.07) is 6.73. The van der Waals surface area contributed by atoms with Crippen LogP contribution in [-0.4, -0.2) is 4.21 Å². The normalized spacial score (nSPS) is 12.0. The van der Waals surface area contributed by atoms with Crippen LogP contribution in [0.5, 0.6) is 0 Å². The van der Waals surface area contributed by atoms with Crippen molar-refractivity contribution in [2.24, 2.45) is 5.14 Å². The highest BCUT2D eigenvalue weighted by atomic mass is 32.2. The Balaban J connectivity index is 3.03. The molecule has 0 radical (unpaired) electrons. The number of terminal acetylenes is 1. The molecule has 11 heavy (non-hydrogen) atoms. The predicted octanol–water partition coefficient (Wildman–Crippen LogP) is 0.649. The number of benzene rings is 1. The van der Waals surface area contributed by atoms with Crippen molar-refractivity contribution >= 4 is 11.0 Å². The van der Waals surface area contributed by atoms with Crippen molar-refractivity contribution in [3.63, 3.8) is 0 Å². The standard InChI is InChI=1S/C8H7NOS/c1-2-7-3-5-8(6-4-7)11(9)10/h1,3-6H,9H2. The second-order valence-corrected chi connectivity index (χ2v) is 3.03. The maximum atomic E-state index is 10.7. The molecule has 1 rings (SSSR count). The maximum Gasteiger partial charge on any atom is 0.122 e. The molecule has 0 aromatic heterocycles. The van der Waals surface area contributed by atoms with Crippen molar-refractivity contribution < 1.29 is 4.21 Å². The highest BCUT2D eigenvalue weighted by Crippen LogP contribution is 2.04. The van der Waals surface area contributed by atoms with E-state index < -0.39 is 11.0 Å². The molecular formula is C8H7NOS. The second-order valence-electron chi connectivity index (χ2n) is 1.97. The molecule has 3 heteroatoms. The average Bonchev–Trinajstić information content (AvgIpc) is 2.05. The monoisotopic (exact) mass is 165 g/mol. The molecule has 1 atom stereocenters. The Hall–Kier alpha value is -1.11. The van der Waals surface area contributed by atoms with Crippen LogP contribution < -0.4 is 5.14 Å². The third-order valence-electron chi connectivity index (χ3n) is 1.25. The fourth-order valence-electron chi connectivity index (χ4n) is 0.685. The van der Waals surface area contributed by atoms with Crippen LogP contribution in [0.4, 0.5) is 0 Å². The van der Waals surface area contributed by atoms with Crippen molar-refractivity contribution in [3.05, 3.63) is 29.8 Å². The van der Waals surface area contributed by atoms with Gasteiger partial charge < -0.3 is 0 Å². The number of nitrogens with two attached hydrogens (primary N) is 1. The molecule has 0 fully saturated rings. The highest BCUT2D eigenvalue weighted by molar-refractivity contribution is 7.82. The van der Waals surface area contributed by atoms with E-state index in [0.29, 0.717) is 4.90 Å². The number of hydrogen-bond acceptors (Lipinski definition) is 1. The van der Waals surface area contributed by atoms with E-state index in [-0.39, 0.29) is 0 Å². The van der Waals surface area contributed by atoms with E-state index in [2.05, 4.69) is 5.92 Å². The minimum atomic E-state index is -1.41. The van der Waals surface area contributed by atoms with Crippen LogP contribution in [0.3, 0.4) is 0 Å². The van der Waals surface area contributed by atoms with E-state index in [1.165, 1.54) is 0 Å². The van der Waals surface area contributed by atoms with Gasteiger partial charge in [0.25, 0.3) is 0 Å². The van der Waals surface area contributed by atoms with Crippen LogP contribution in [0, 0.1) is 12.3 Å². The second kappa shape index (κ2) is 3.33. The van der Waals surface area contributed by atoms with Crippen LogP contribution in [-0.2, 0) is 11.0 Å². The minimum Gasteiger partial charge on any atom is -0.248 e. The van der Waals surface area contributed by atoms with Gasteiger partial charge in [-0.2, -0.15) is 0 Å². The zero-order valence-electron chi connectivity index (χ0n) is 5.78. The Labute approximate surface area is 68.0 Å². The summed E-state index contributed by atoms with van der Waals surface area (Å²) in [6.45, 7) is 0. The smallest absolute Gasteiger partial charge is 0.122 e. The van der Waals surface area contributed by atoms with Gasteiger partial charge in [-0.3, -0.25) is 0 Å². The Morgan fingerprint density at radius 2 is 1.91 bits per heavy atom. The zero-order valence-corrected chi connectivity index (χ0v) is 6.60. The molecule has 2 N–H and O–H groups in total. The molecule has 0 amide bonds. The van der Waals surface area contributed by atoms with E-state index in [1.54, 1.807) is 24.3 Å². The van der Waals surface area contributed by atoms with E-state index in [4.69, 9.17) is 11.6 Å². The SMILES string of the molecule is C#Cc1ccc(S(N)=O)cc1. The van der Waals surface area contributed by atoms with Crippen LogP contribution in [0.2, 0.25) is 0 Å². The van der Waals surface area contributed by atoms with E-state index >= 15 is 0 Å². The van der Waals surface area contributed by atoms with Gasteiger partial charge in [0, 0.05) is 5.56 Å². The zero-order chi connectivity index (χ0) is 8.27. The molecule has 0 aliphatic heterocycles. The molecule has 0 heterocycles. The van der Waals surface area contributed by atoms with Gasteiger partial charge in [-0.15, -0.1) is 6.42 Å². The van der Waals surface area contributed by atoms with Crippen molar-refractivity contribution in [1.82, 2.24) is 0 Å². The summed E-state index contributed by atoms with van der Waals surface area (Å²) in [5.41, 5.74) is 0.763. The lowest BCUT2D eigenvalue weighted by Crippen LogP contribution is -2.01. The molecule has 0 aliphatic carbocycles. The lowest BCUT2D eigenvalue weighted by molar-refractivity contribution is 0.684. The summed E-state index contributed by atoms with van der Waals surface area (Å²) in [5, 5.41) is 5.13. The summed E-state index contributed by atoms with van der Waals surface area (Å²) in [6.07, 6.45) is 5.12. The Morgan fingerprint density at radius 1 is 1.36 bits per heavy atom. The molecule has 0 spiro atoms. The Bertz CT molecular complexity index is 310. The Morgan fingerprint density at radius 3 is 2.27 bits per heavy atom. The van der Waals surface area contributed by atoms with Crippen LogP contribution in [0.1, 0.15) is 5.56 Å². The minimum absolute atomic E-state index is 0.587. The number of rotatable bonds is 1. The van der Waals surface area contributed by atoms with E-state index in [1.807, 2.05) is 0 Å². The molecule has 0 bridgehead atoms. The maximum absolute atomic E-state index is 10.7. The lowest BCUT2D eigenvalue weighted by atomic mass is 10.2. The molecule has 2 nitrogen and oxygen atoms in total. The molecule has 1 unspecified atom stereocenters. The van der Waals surface area contributed by atoms with Crippen molar-refractivity contribution in [3.8, 4) is 12.3 Å². The third kappa shape index (κ3) is 1.90. The summed E-state index contributed by atoms with van der Waals surface area (Å²) in [5.74, 6) is 2.45. The topological polar surface area (TPSA) is 43.1 Å². The first kappa shape index (κ1) is 7.99. The lowest BCUT2D eigenvalue weighted by Gasteiger charge is -1.94. The third-order valence-corrected chi connectivity index (χ3v) is 1.99. The van der Waals surface area contributed by atoms with E-state index in [0.717, 1.165) is 5.56 Å². The molecule has 1 aromatic rings.